The second-order valence-corrected chi connectivity index (χ2v) is 2.25. The minimum atomic E-state index is 1.15. The maximum absolute atomic E-state index is 2.15. The average Bonchev–Trinajstić information content (AvgIpc) is 1.38. The normalized spacial score (nSPS) is 9.60. The molecule has 0 aliphatic carbocycles. The lowest BCUT2D eigenvalue weighted by atomic mass is 10.8. The van der Waals surface area contributed by atoms with Gasteiger partial charge in [-0.05, 0) is 13.6 Å². The molecule has 0 aromatic carbocycles. The Hall–Kier alpha value is 0.177. The summed E-state index contributed by atoms with van der Waals surface area (Å²) in [4.78, 5) is 0. The quantitative estimate of drug-likeness (QED) is 0.390. The van der Waals surface area contributed by atoms with Crippen LogP contribution >= 0.6 is 0 Å². The molecule has 0 spiro atoms. The summed E-state index contributed by atoms with van der Waals surface area (Å²) in [5.41, 5.74) is 0. The first-order valence-corrected chi connectivity index (χ1v) is 2.42. The van der Waals surface area contributed by atoms with Crippen LogP contribution in [-0.4, -0.2) is 28.6 Å². The minimum absolute atomic E-state index is 1.15. The molecule has 0 N–H and O–H groups in total. The zero-order chi connectivity index (χ0) is 4.28. The molecule has 2 heteroatoms. The van der Waals surface area contributed by atoms with Crippen LogP contribution in [0.2, 0.25) is 0 Å². The summed E-state index contributed by atoms with van der Waals surface area (Å²) in [6, 6.07) is 0. The van der Waals surface area contributed by atoms with Crippen LogP contribution in [0.5, 0.6) is 0 Å². The van der Waals surface area contributed by atoms with Crippen LogP contribution in [0.15, 0.2) is 0 Å². The summed E-state index contributed by atoms with van der Waals surface area (Å²) in [5, 5.41) is 0. The van der Waals surface area contributed by atoms with E-state index in [1.807, 2.05) is 10.4 Å². The van der Waals surface area contributed by atoms with E-state index in [4.69, 9.17) is 0 Å². The van der Waals surface area contributed by atoms with Crippen LogP contribution in [0.4, 0.5) is 0 Å². The zero-order valence-electron chi connectivity index (χ0n) is 3.86. The van der Waals surface area contributed by atoms with Crippen molar-refractivity contribution in [3.63, 3.8) is 0 Å². The molecule has 0 bridgehead atoms. The summed E-state index contributed by atoms with van der Waals surface area (Å²) in [7, 11) is 3.95. The SMILES string of the molecule is CCN(C)[SiH2]. The van der Waals surface area contributed by atoms with Gasteiger partial charge in [-0.25, -0.2) is 0 Å². The van der Waals surface area contributed by atoms with Gasteiger partial charge in [-0.15, -0.1) is 0 Å². The van der Waals surface area contributed by atoms with Crippen LogP contribution in [0.25, 0.3) is 0 Å². The van der Waals surface area contributed by atoms with Crippen LogP contribution in [0, 0.1) is 0 Å². The zero-order valence-corrected chi connectivity index (χ0v) is 5.28. The molecule has 5 heavy (non-hydrogen) atoms. The molecular weight excluding hydrogens is 78.1 g/mol. The third kappa shape index (κ3) is 4.18. The van der Waals surface area contributed by atoms with E-state index in [-0.39, 0.29) is 0 Å². The van der Waals surface area contributed by atoms with Crippen molar-refractivity contribution in [3.8, 4) is 0 Å². The number of hydrogen-bond acceptors (Lipinski definition) is 1. The monoisotopic (exact) mass is 88.1 g/mol. The van der Waals surface area contributed by atoms with Gasteiger partial charge >= 0.3 is 0 Å². The topological polar surface area (TPSA) is 3.24 Å². The molecule has 31 valence electrons. The Bertz CT molecular complexity index is 20.9. The lowest BCUT2D eigenvalue weighted by Crippen LogP contribution is -2.11. The first kappa shape index (κ1) is 5.18. The van der Waals surface area contributed by atoms with Crippen molar-refractivity contribution in [1.82, 2.24) is 4.57 Å². The number of hydrogen-bond donors (Lipinski definition) is 0. The van der Waals surface area contributed by atoms with Gasteiger partial charge in [-0.3, -0.25) is 0 Å². The fraction of sp³-hybridized carbons (Fsp3) is 1.00. The van der Waals surface area contributed by atoms with Crippen LogP contribution in [0.3, 0.4) is 0 Å². The summed E-state index contributed by atoms with van der Waals surface area (Å²) >= 11 is 0. The van der Waals surface area contributed by atoms with E-state index in [9.17, 15) is 0 Å². The van der Waals surface area contributed by atoms with E-state index < -0.39 is 0 Å². The lowest BCUT2D eigenvalue weighted by Gasteiger charge is -2.00. The number of rotatable bonds is 1. The highest BCUT2D eigenvalue weighted by Gasteiger charge is 1.72. The maximum Gasteiger partial charge on any atom is 0.0964 e. The Morgan fingerprint density at radius 3 is 2.00 bits per heavy atom. The van der Waals surface area contributed by atoms with Gasteiger partial charge in [-0.2, -0.15) is 0 Å². The van der Waals surface area contributed by atoms with Gasteiger partial charge in [0.1, 0.15) is 0 Å². The Morgan fingerprint density at radius 1 is 1.80 bits per heavy atom. The van der Waals surface area contributed by atoms with Crippen molar-refractivity contribution in [3.05, 3.63) is 0 Å². The molecule has 1 radical (unpaired) electrons. The molecule has 0 heterocycles. The Kier molecular flexibility index (Phi) is 2.50. The minimum Gasteiger partial charge on any atom is -0.333 e. The average molecular weight is 88.2 g/mol. The predicted octanol–water partition coefficient (Wildman–Crippen LogP) is -0.514. The summed E-state index contributed by atoms with van der Waals surface area (Å²) in [5.74, 6) is 0. The molecule has 1 nitrogen and oxygen atoms in total. The molecule has 0 saturated carbocycles. The molecule has 0 unspecified atom stereocenters. The largest absolute Gasteiger partial charge is 0.333 e. The van der Waals surface area contributed by atoms with Crippen LogP contribution in [0.1, 0.15) is 6.92 Å². The summed E-state index contributed by atoms with van der Waals surface area (Å²) in [6.45, 7) is 3.28. The van der Waals surface area contributed by atoms with E-state index in [1.165, 1.54) is 0 Å². The van der Waals surface area contributed by atoms with Crippen molar-refractivity contribution in [1.29, 1.82) is 0 Å². The fourth-order valence-electron chi connectivity index (χ4n) is 0. The Morgan fingerprint density at radius 2 is 2.00 bits per heavy atom. The van der Waals surface area contributed by atoms with Crippen molar-refractivity contribution >= 4 is 10.4 Å². The molecular formula is C3H10NSi. The highest BCUT2D eigenvalue weighted by Crippen LogP contribution is 1.62. The van der Waals surface area contributed by atoms with Gasteiger partial charge in [-0.1, -0.05) is 6.92 Å². The Labute approximate surface area is 36.5 Å². The predicted molar refractivity (Wildman–Crippen MR) is 26.8 cm³/mol. The second-order valence-electron chi connectivity index (χ2n) is 1.17. The molecule has 0 aromatic rings. The van der Waals surface area contributed by atoms with E-state index in [0.29, 0.717) is 0 Å². The van der Waals surface area contributed by atoms with E-state index in [0.717, 1.165) is 6.54 Å². The van der Waals surface area contributed by atoms with Crippen molar-refractivity contribution in [2.75, 3.05) is 13.6 Å². The molecule has 0 aliphatic heterocycles. The van der Waals surface area contributed by atoms with Crippen molar-refractivity contribution < 1.29 is 0 Å². The smallest absolute Gasteiger partial charge is 0.0964 e. The highest BCUT2D eigenvalue weighted by molar-refractivity contribution is 6.04. The van der Waals surface area contributed by atoms with Crippen LogP contribution in [-0.2, 0) is 0 Å². The first-order valence-electron chi connectivity index (χ1n) is 1.79. The maximum atomic E-state index is 2.15. The summed E-state index contributed by atoms with van der Waals surface area (Å²) in [6.07, 6.45) is 0. The van der Waals surface area contributed by atoms with Gasteiger partial charge in [0.15, 0.2) is 0 Å². The molecule has 0 amide bonds. The van der Waals surface area contributed by atoms with E-state index in [1.54, 1.807) is 0 Å². The van der Waals surface area contributed by atoms with Crippen LogP contribution < -0.4 is 0 Å². The molecule has 0 saturated heterocycles. The Balaban J connectivity index is 2.54. The standard InChI is InChI=1S/C3H10NSi/c1-3-4(2)5/h3,5H2,1-2H3. The van der Waals surface area contributed by atoms with Gasteiger partial charge < -0.3 is 4.57 Å². The third-order valence-electron chi connectivity index (χ3n) is 0.540. The second kappa shape index (κ2) is 2.42. The van der Waals surface area contributed by atoms with E-state index >= 15 is 0 Å². The van der Waals surface area contributed by atoms with Crippen molar-refractivity contribution in [2.45, 2.75) is 6.92 Å². The van der Waals surface area contributed by atoms with E-state index in [2.05, 4.69) is 18.5 Å². The molecule has 0 rings (SSSR count). The molecule has 0 aromatic heterocycles. The van der Waals surface area contributed by atoms with Gasteiger partial charge in [0.25, 0.3) is 0 Å². The third-order valence-corrected chi connectivity index (χ3v) is 0.987. The molecule has 0 fully saturated rings. The van der Waals surface area contributed by atoms with Gasteiger partial charge in [0.2, 0.25) is 0 Å². The number of nitrogens with zero attached hydrogens (tertiary/aromatic N) is 1. The summed E-state index contributed by atoms with van der Waals surface area (Å²) < 4.78 is 2.15. The fourth-order valence-corrected chi connectivity index (χ4v) is 0. The van der Waals surface area contributed by atoms with Gasteiger partial charge in [0, 0.05) is 0 Å². The highest BCUT2D eigenvalue weighted by atomic mass is 28.2. The van der Waals surface area contributed by atoms with Crippen molar-refractivity contribution in [2.24, 2.45) is 0 Å². The van der Waals surface area contributed by atoms with Gasteiger partial charge in [0.05, 0.1) is 10.4 Å². The lowest BCUT2D eigenvalue weighted by molar-refractivity contribution is 0.581. The first-order chi connectivity index (χ1) is 2.27. The molecule has 0 atom stereocenters. The molecule has 0 aliphatic rings.